The third-order valence-corrected chi connectivity index (χ3v) is 4.22. The maximum Gasteiger partial charge on any atom is 0.123 e. The van der Waals surface area contributed by atoms with Crippen LogP contribution >= 0.6 is 0 Å². The van der Waals surface area contributed by atoms with E-state index in [1.807, 2.05) is 19.2 Å². The summed E-state index contributed by atoms with van der Waals surface area (Å²) in [6, 6.07) is 20.5. The highest BCUT2D eigenvalue weighted by Crippen LogP contribution is 2.32. The second-order valence-electron chi connectivity index (χ2n) is 5.77. The van der Waals surface area contributed by atoms with Crippen LogP contribution in [0.4, 0.5) is 4.39 Å². The molecule has 0 aliphatic rings. The maximum atomic E-state index is 13.1. The lowest BCUT2D eigenvalue weighted by Gasteiger charge is -2.24. The quantitative estimate of drug-likeness (QED) is 0.746. The molecule has 3 aromatic rings. The standard InChI is InChI=1S/C20H20FNO/c1-22-13-19(20(23)15-8-10-18(21)11-9-15)17-7-6-14-4-2-3-5-16(14)12-17/h2-12,19-20,22-23H,13H2,1H3/t19?,20-/m1/s1. The smallest absolute Gasteiger partial charge is 0.123 e. The number of hydrogen-bond donors (Lipinski definition) is 2. The average Bonchev–Trinajstić information content (AvgIpc) is 2.59. The van der Waals surface area contributed by atoms with Crippen LogP contribution in [0.3, 0.4) is 0 Å². The number of rotatable bonds is 5. The number of halogens is 1. The van der Waals surface area contributed by atoms with Gasteiger partial charge >= 0.3 is 0 Å². The van der Waals surface area contributed by atoms with Crippen molar-refractivity contribution in [3.8, 4) is 0 Å². The van der Waals surface area contributed by atoms with Gasteiger partial charge in [-0.3, -0.25) is 0 Å². The number of nitrogens with one attached hydrogen (secondary N) is 1. The molecule has 3 rings (SSSR count). The third kappa shape index (κ3) is 3.41. The Balaban J connectivity index is 1.97. The van der Waals surface area contributed by atoms with Gasteiger partial charge in [-0.15, -0.1) is 0 Å². The summed E-state index contributed by atoms with van der Waals surface area (Å²) in [6.45, 7) is 0.636. The molecule has 3 aromatic carbocycles. The second kappa shape index (κ2) is 6.90. The molecule has 0 aliphatic heterocycles. The fraction of sp³-hybridized carbons (Fsp3) is 0.200. The molecule has 0 spiro atoms. The fourth-order valence-corrected chi connectivity index (χ4v) is 2.96. The predicted molar refractivity (Wildman–Crippen MR) is 92.0 cm³/mol. The minimum absolute atomic E-state index is 0.102. The van der Waals surface area contributed by atoms with Crippen molar-refractivity contribution >= 4 is 10.8 Å². The van der Waals surface area contributed by atoms with E-state index < -0.39 is 6.10 Å². The number of fused-ring (bicyclic) bond motifs is 1. The van der Waals surface area contributed by atoms with Crippen LogP contribution in [-0.4, -0.2) is 18.7 Å². The largest absolute Gasteiger partial charge is 0.388 e. The second-order valence-corrected chi connectivity index (χ2v) is 5.77. The van der Waals surface area contributed by atoms with E-state index in [9.17, 15) is 9.50 Å². The van der Waals surface area contributed by atoms with Gasteiger partial charge in [0.2, 0.25) is 0 Å². The van der Waals surface area contributed by atoms with E-state index in [1.54, 1.807) is 12.1 Å². The molecule has 2 atom stereocenters. The van der Waals surface area contributed by atoms with E-state index >= 15 is 0 Å². The molecule has 2 N–H and O–H groups in total. The molecule has 0 aliphatic carbocycles. The molecule has 0 amide bonds. The van der Waals surface area contributed by atoms with Crippen LogP contribution in [0.2, 0.25) is 0 Å². The van der Waals surface area contributed by atoms with Gasteiger partial charge in [-0.1, -0.05) is 54.6 Å². The van der Waals surface area contributed by atoms with Crippen molar-refractivity contribution in [1.82, 2.24) is 5.32 Å². The fourth-order valence-electron chi connectivity index (χ4n) is 2.96. The summed E-state index contributed by atoms with van der Waals surface area (Å²) in [5, 5.41) is 16.2. The van der Waals surface area contributed by atoms with E-state index in [0.29, 0.717) is 6.54 Å². The highest BCUT2D eigenvalue weighted by atomic mass is 19.1. The Hall–Kier alpha value is -2.23. The summed E-state index contributed by atoms with van der Waals surface area (Å²) < 4.78 is 13.1. The van der Waals surface area contributed by atoms with Crippen molar-refractivity contribution in [2.75, 3.05) is 13.6 Å². The molecule has 23 heavy (non-hydrogen) atoms. The number of aliphatic hydroxyl groups excluding tert-OH is 1. The van der Waals surface area contributed by atoms with Crippen LogP contribution in [0.1, 0.15) is 23.1 Å². The normalized spacial score (nSPS) is 13.9. The molecule has 3 heteroatoms. The van der Waals surface area contributed by atoms with E-state index in [4.69, 9.17) is 0 Å². The van der Waals surface area contributed by atoms with Crippen molar-refractivity contribution in [2.24, 2.45) is 0 Å². The van der Waals surface area contributed by atoms with Crippen LogP contribution in [0, 0.1) is 5.82 Å². The van der Waals surface area contributed by atoms with E-state index in [-0.39, 0.29) is 11.7 Å². The molecule has 0 bridgehead atoms. The molecule has 0 saturated heterocycles. The first-order valence-electron chi connectivity index (χ1n) is 7.76. The molecular weight excluding hydrogens is 289 g/mol. The Bertz CT molecular complexity index is 785. The summed E-state index contributed by atoms with van der Waals surface area (Å²) in [7, 11) is 1.87. The van der Waals surface area contributed by atoms with Crippen molar-refractivity contribution < 1.29 is 9.50 Å². The summed E-state index contributed by atoms with van der Waals surface area (Å²) in [5.74, 6) is -0.396. The molecule has 1 unspecified atom stereocenters. The van der Waals surface area contributed by atoms with Gasteiger partial charge in [0.25, 0.3) is 0 Å². The molecule has 0 fully saturated rings. The van der Waals surface area contributed by atoms with Gasteiger partial charge in [0.1, 0.15) is 5.82 Å². The Morgan fingerprint density at radius 2 is 1.57 bits per heavy atom. The zero-order valence-corrected chi connectivity index (χ0v) is 13.0. The van der Waals surface area contributed by atoms with E-state index in [2.05, 4.69) is 35.6 Å². The number of hydrogen-bond acceptors (Lipinski definition) is 2. The topological polar surface area (TPSA) is 32.3 Å². The molecular formula is C20H20FNO. The minimum Gasteiger partial charge on any atom is -0.388 e. The number of likely N-dealkylation sites (N-methyl/N-ethyl adjacent to an activating group) is 1. The van der Waals surface area contributed by atoms with Crippen LogP contribution in [-0.2, 0) is 0 Å². The summed E-state index contributed by atoms with van der Waals surface area (Å²) >= 11 is 0. The zero-order valence-electron chi connectivity index (χ0n) is 13.0. The first kappa shape index (κ1) is 15.7. The molecule has 0 radical (unpaired) electrons. The highest BCUT2D eigenvalue weighted by molar-refractivity contribution is 5.83. The van der Waals surface area contributed by atoms with Crippen molar-refractivity contribution in [3.63, 3.8) is 0 Å². The van der Waals surface area contributed by atoms with Gasteiger partial charge in [-0.25, -0.2) is 4.39 Å². The van der Waals surface area contributed by atoms with Crippen LogP contribution in [0.5, 0.6) is 0 Å². The zero-order chi connectivity index (χ0) is 16.2. The molecule has 0 aromatic heterocycles. The Morgan fingerprint density at radius 1 is 0.913 bits per heavy atom. The van der Waals surface area contributed by atoms with Crippen molar-refractivity contribution in [2.45, 2.75) is 12.0 Å². The van der Waals surface area contributed by atoms with Crippen LogP contribution < -0.4 is 5.32 Å². The number of aliphatic hydroxyl groups is 1. The van der Waals surface area contributed by atoms with Gasteiger partial charge in [-0.2, -0.15) is 0 Å². The van der Waals surface area contributed by atoms with Crippen molar-refractivity contribution in [3.05, 3.63) is 83.7 Å². The van der Waals surface area contributed by atoms with Crippen LogP contribution in [0.15, 0.2) is 66.7 Å². The highest BCUT2D eigenvalue weighted by Gasteiger charge is 2.22. The first-order valence-corrected chi connectivity index (χ1v) is 7.76. The summed E-state index contributed by atoms with van der Waals surface area (Å²) in [4.78, 5) is 0. The van der Waals surface area contributed by atoms with Gasteiger partial charge in [0.15, 0.2) is 0 Å². The lowest BCUT2D eigenvalue weighted by atomic mass is 9.88. The van der Waals surface area contributed by atoms with Gasteiger partial charge < -0.3 is 10.4 Å². The van der Waals surface area contributed by atoms with E-state index in [1.165, 1.54) is 17.5 Å². The molecule has 118 valence electrons. The minimum atomic E-state index is -0.691. The molecule has 2 nitrogen and oxygen atoms in total. The van der Waals surface area contributed by atoms with Gasteiger partial charge in [0.05, 0.1) is 6.10 Å². The van der Waals surface area contributed by atoms with E-state index in [0.717, 1.165) is 16.5 Å². The van der Waals surface area contributed by atoms with Gasteiger partial charge in [0, 0.05) is 12.5 Å². The first-order chi connectivity index (χ1) is 11.2. The Morgan fingerprint density at radius 3 is 2.26 bits per heavy atom. The third-order valence-electron chi connectivity index (χ3n) is 4.22. The predicted octanol–water partition coefficient (Wildman–Crippen LogP) is 4.02. The van der Waals surface area contributed by atoms with Crippen LogP contribution in [0.25, 0.3) is 10.8 Å². The van der Waals surface area contributed by atoms with Gasteiger partial charge in [-0.05, 0) is 41.1 Å². The Kier molecular flexibility index (Phi) is 4.70. The lowest BCUT2D eigenvalue weighted by molar-refractivity contribution is 0.144. The maximum absolute atomic E-state index is 13.1. The SMILES string of the molecule is CNCC(c1ccc2ccccc2c1)[C@H](O)c1ccc(F)cc1. The molecule has 0 saturated carbocycles. The summed E-state index contributed by atoms with van der Waals surface area (Å²) in [6.07, 6.45) is -0.691. The lowest BCUT2D eigenvalue weighted by Crippen LogP contribution is -2.23. The molecule has 0 heterocycles. The summed E-state index contributed by atoms with van der Waals surface area (Å²) in [5.41, 5.74) is 1.79. The average molecular weight is 309 g/mol. The monoisotopic (exact) mass is 309 g/mol. The van der Waals surface area contributed by atoms with Crippen molar-refractivity contribution in [1.29, 1.82) is 0 Å². The Labute approximate surface area is 135 Å². The number of benzene rings is 3.